The molecule has 122 valence electrons. The van der Waals surface area contributed by atoms with Crippen LogP contribution in [0.3, 0.4) is 0 Å². The van der Waals surface area contributed by atoms with E-state index in [9.17, 15) is 13.2 Å². The summed E-state index contributed by atoms with van der Waals surface area (Å²) < 4.78 is 27.8. The molecule has 1 heterocycles. The third-order valence-electron chi connectivity index (χ3n) is 3.71. The Bertz CT molecular complexity index is 626. The van der Waals surface area contributed by atoms with Gasteiger partial charge in [0, 0.05) is 31.1 Å². The van der Waals surface area contributed by atoms with Crippen molar-refractivity contribution in [2.24, 2.45) is 0 Å². The van der Waals surface area contributed by atoms with Gasteiger partial charge in [-0.3, -0.25) is 4.79 Å². The molecule has 0 aliphatic carbocycles. The van der Waals surface area contributed by atoms with Crippen LogP contribution in [0.5, 0.6) is 0 Å². The molecule has 1 aromatic rings. The van der Waals surface area contributed by atoms with Gasteiger partial charge in [-0.1, -0.05) is 12.1 Å². The highest BCUT2D eigenvalue weighted by Gasteiger charge is 2.26. The summed E-state index contributed by atoms with van der Waals surface area (Å²) in [6, 6.07) is 7.43. The molecule has 0 aromatic heterocycles. The molecule has 8 heteroatoms. The van der Waals surface area contributed by atoms with E-state index in [1.54, 1.807) is 16.7 Å². The summed E-state index contributed by atoms with van der Waals surface area (Å²) in [5.41, 5.74) is 0.712. The first-order valence-corrected chi connectivity index (χ1v) is 9.80. The van der Waals surface area contributed by atoms with Gasteiger partial charge in [-0.25, -0.2) is 4.72 Å². The van der Waals surface area contributed by atoms with Crippen LogP contribution in [0.1, 0.15) is 23.2 Å². The number of thioether (sulfide) groups is 1. The Labute approximate surface area is 135 Å². The van der Waals surface area contributed by atoms with Gasteiger partial charge in [0.05, 0.1) is 5.56 Å². The third-order valence-corrected chi connectivity index (χ3v) is 5.69. The van der Waals surface area contributed by atoms with E-state index in [4.69, 9.17) is 0 Å². The number of benzene rings is 1. The van der Waals surface area contributed by atoms with E-state index in [-0.39, 0.29) is 11.9 Å². The van der Waals surface area contributed by atoms with E-state index in [1.165, 1.54) is 7.05 Å². The third kappa shape index (κ3) is 4.22. The van der Waals surface area contributed by atoms with E-state index in [0.29, 0.717) is 31.5 Å². The summed E-state index contributed by atoms with van der Waals surface area (Å²) in [5, 5.41) is 0. The molecule has 0 bridgehead atoms. The Morgan fingerprint density at radius 3 is 2.50 bits per heavy atom. The number of carbonyl (C=O) groups excluding carboxylic acids is 1. The van der Waals surface area contributed by atoms with E-state index >= 15 is 0 Å². The molecule has 0 atom stereocenters. The van der Waals surface area contributed by atoms with E-state index in [1.807, 2.05) is 30.5 Å². The van der Waals surface area contributed by atoms with Crippen molar-refractivity contribution in [3.8, 4) is 0 Å². The zero-order valence-corrected chi connectivity index (χ0v) is 14.3. The minimum atomic E-state index is -3.43. The van der Waals surface area contributed by atoms with Crippen LogP contribution in [0.4, 0.5) is 0 Å². The molecular formula is C14H21N3O3S2. The first-order chi connectivity index (χ1) is 10.5. The minimum Gasteiger partial charge on any atom is -0.338 e. The molecule has 1 aliphatic rings. The highest BCUT2D eigenvalue weighted by Crippen LogP contribution is 2.23. The van der Waals surface area contributed by atoms with Crippen LogP contribution in [-0.4, -0.2) is 51.7 Å². The van der Waals surface area contributed by atoms with Crippen molar-refractivity contribution in [3.05, 3.63) is 29.8 Å². The first kappa shape index (κ1) is 17.3. The van der Waals surface area contributed by atoms with Gasteiger partial charge in [0.15, 0.2) is 0 Å². The van der Waals surface area contributed by atoms with Gasteiger partial charge in [-0.05, 0) is 31.2 Å². The number of amides is 1. The quantitative estimate of drug-likeness (QED) is 0.784. The second-order valence-corrected chi connectivity index (χ2v) is 7.59. The first-order valence-electron chi connectivity index (χ1n) is 7.10. The fourth-order valence-corrected chi connectivity index (χ4v) is 3.85. The van der Waals surface area contributed by atoms with Crippen molar-refractivity contribution >= 4 is 27.9 Å². The maximum atomic E-state index is 12.6. The lowest BCUT2D eigenvalue weighted by Gasteiger charge is -2.32. The average molecular weight is 343 g/mol. The summed E-state index contributed by atoms with van der Waals surface area (Å²) in [5.74, 6) is 0.0138. The molecule has 0 saturated carbocycles. The summed E-state index contributed by atoms with van der Waals surface area (Å²) in [4.78, 5) is 15.3. The van der Waals surface area contributed by atoms with Crippen molar-refractivity contribution in [1.29, 1.82) is 0 Å². The van der Waals surface area contributed by atoms with E-state index < -0.39 is 10.2 Å². The second kappa shape index (κ2) is 7.45. The molecule has 22 heavy (non-hydrogen) atoms. The number of nitrogens with zero attached hydrogens (tertiary/aromatic N) is 1. The molecule has 1 aromatic carbocycles. The zero-order chi connectivity index (χ0) is 16.2. The van der Waals surface area contributed by atoms with Crippen molar-refractivity contribution in [2.75, 3.05) is 26.4 Å². The molecule has 1 fully saturated rings. The molecule has 6 nitrogen and oxygen atoms in total. The van der Waals surface area contributed by atoms with Gasteiger partial charge >= 0.3 is 0 Å². The molecular weight excluding hydrogens is 322 g/mol. The van der Waals surface area contributed by atoms with E-state index in [0.717, 1.165) is 4.90 Å². The van der Waals surface area contributed by atoms with Crippen LogP contribution in [0.15, 0.2) is 29.2 Å². The lowest BCUT2D eigenvalue weighted by atomic mass is 10.0. The molecule has 0 unspecified atom stereocenters. The van der Waals surface area contributed by atoms with Crippen LogP contribution in [0.25, 0.3) is 0 Å². The Balaban J connectivity index is 1.98. The highest BCUT2D eigenvalue weighted by atomic mass is 32.2. The number of piperidine rings is 1. The summed E-state index contributed by atoms with van der Waals surface area (Å²) in [6.07, 6.45) is 3.19. The number of rotatable bonds is 5. The minimum absolute atomic E-state index is 0.0138. The van der Waals surface area contributed by atoms with Crippen LogP contribution >= 0.6 is 11.8 Å². The monoisotopic (exact) mass is 343 g/mol. The lowest BCUT2D eigenvalue weighted by Crippen LogP contribution is -2.48. The van der Waals surface area contributed by atoms with Crippen molar-refractivity contribution in [2.45, 2.75) is 23.8 Å². The van der Waals surface area contributed by atoms with Crippen LogP contribution in [-0.2, 0) is 10.2 Å². The average Bonchev–Trinajstić information content (AvgIpc) is 2.54. The summed E-state index contributed by atoms with van der Waals surface area (Å²) >= 11 is 1.55. The Kier molecular flexibility index (Phi) is 5.85. The molecule has 0 radical (unpaired) electrons. The van der Waals surface area contributed by atoms with Gasteiger partial charge in [-0.15, -0.1) is 11.8 Å². The maximum Gasteiger partial charge on any atom is 0.276 e. The second-order valence-electron chi connectivity index (χ2n) is 5.09. The van der Waals surface area contributed by atoms with Crippen LogP contribution in [0, 0.1) is 0 Å². The standard InChI is InChI=1S/C14H21N3O3S2/c1-15-22(19,20)16-11-7-9-17(10-8-11)14(18)12-5-3-4-6-13(12)21-2/h3-6,11,15-16H,7-10H2,1-2H3. The van der Waals surface area contributed by atoms with Gasteiger partial charge in [-0.2, -0.15) is 13.1 Å². The predicted octanol–water partition coefficient (Wildman–Crippen LogP) is 1.07. The highest BCUT2D eigenvalue weighted by molar-refractivity contribution is 7.98. The number of likely N-dealkylation sites (tertiary alicyclic amines) is 1. The smallest absolute Gasteiger partial charge is 0.276 e. The maximum absolute atomic E-state index is 12.6. The Hall–Kier alpha value is -1.09. The fraction of sp³-hybridized carbons (Fsp3) is 0.500. The SMILES string of the molecule is CNS(=O)(=O)NC1CCN(C(=O)c2ccccc2SC)CC1. The number of hydrogen-bond donors (Lipinski definition) is 2. The van der Waals surface area contributed by atoms with Crippen molar-refractivity contribution in [1.82, 2.24) is 14.3 Å². The Morgan fingerprint density at radius 2 is 1.91 bits per heavy atom. The molecule has 1 amide bonds. The predicted molar refractivity (Wildman–Crippen MR) is 88.3 cm³/mol. The van der Waals surface area contributed by atoms with Crippen molar-refractivity contribution < 1.29 is 13.2 Å². The molecule has 0 spiro atoms. The molecule has 2 N–H and O–H groups in total. The zero-order valence-electron chi connectivity index (χ0n) is 12.7. The lowest BCUT2D eigenvalue weighted by molar-refractivity contribution is 0.0708. The van der Waals surface area contributed by atoms with Crippen molar-refractivity contribution in [3.63, 3.8) is 0 Å². The summed E-state index contributed by atoms with van der Waals surface area (Å²) in [6.45, 7) is 1.11. The molecule has 2 rings (SSSR count). The molecule has 1 aliphatic heterocycles. The van der Waals surface area contributed by atoms with Gasteiger partial charge in [0.2, 0.25) is 0 Å². The normalized spacial score (nSPS) is 16.7. The number of hydrogen-bond acceptors (Lipinski definition) is 4. The number of nitrogens with one attached hydrogen (secondary N) is 2. The largest absolute Gasteiger partial charge is 0.338 e. The topological polar surface area (TPSA) is 78.5 Å². The van der Waals surface area contributed by atoms with Crippen LogP contribution < -0.4 is 9.44 Å². The van der Waals surface area contributed by atoms with Gasteiger partial charge < -0.3 is 4.90 Å². The van der Waals surface area contributed by atoms with Gasteiger partial charge in [0.25, 0.3) is 16.1 Å². The summed E-state index contributed by atoms with van der Waals surface area (Å²) in [7, 11) is -2.05. The van der Waals surface area contributed by atoms with Crippen LogP contribution in [0.2, 0.25) is 0 Å². The number of carbonyl (C=O) groups is 1. The Morgan fingerprint density at radius 1 is 1.27 bits per heavy atom. The fourth-order valence-electron chi connectivity index (χ4n) is 2.47. The van der Waals surface area contributed by atoms with Gasteiger partial charge in [0.1, 0.15) is 0 Å². The molecule has 1 saturated heterocycles. The van der Waals surface area contributed by atoms with E-state index in [2.05, 4.69) is 9.44 Å².